The molecule has 7 aromatic rings. The van der Waals surface area contributed by atoms with E-state index in [2.05, 4.69) is 181 Å². The second-order valence-electron chi connectivity index (χ2n) is 10.9. The molecule has 7 aromatic carbocycles. The summed E-state index contributed by atoms with van der Waals surface area (Å²) in [6.45, 7) is 0. The highest BCUT2D eigenvalue weighted by Gasteiger charge is 2.48. The van der Waals surface area contributed by atoms with E-state index in [-0.39, 0.29) is 0 Å². The summed E-state index contributed by atoms with van der Waals surface area (Å²) in [5.41, 5.74) is 10.7. The summed E-state index contributed by atoms with van der Waals surface area (Å²) in [6.07, 6.45) is 0. The summed E-state index contributed by atoms with van der Waals surface area (Å²) in [5, 5.41) is 2.54. The zero-order chi connectivity index (χ0) is 27.9. The fourth-order valence-corrected chi connectivity index (χ4v) is 7.06. The minimum absolute atomic E-state index is 0.518. The first-order valence-corrected chi connectivity index (χ1v) is 14.5. The van der Waals surface area contributed by atoms with Gasteiger partial charge in [-0.25, -0.2) is 0 Å². The van der Waals surface area contributed by atoms with Gasteiger partial charge < -0.3 is 4.90 Å². The number of para-hydroxylation sites is 2. The molecule has 0 amide bonds. The van der Waals surface area contributed by atoms with E-state index < -0.39 is 5.41 Å². The Morgan fingerprint density at radius 3 is 1.52 bits per heavy atom. The van der Waals surface area contributed by atoms with Crippen molar-refractivity contribution in [1.29, 1.82) is 0 Å². The van der Waals surface area contributed by atoms with E-state index in [0.29, 0.717) is 0 Å². The standard InChI is InChI=1S/C41H29N/c1-5-17-31(18-6-1)41(32-19-7-2-8-20-32)37-29-28-30-16-13-14-25-35(30)39(37)36-26-15-27-38(40(36)41)42(33-21-9-3-10-22-33)34-23-11-4-12-24-34/h1-29H. The fourth-order valence-electron chi connectivity index (χ4n) is 7.06. The van der Waals surface area contributed by atoms with Gasteiger partial charge in [-0.1, -0.05) is 146 Å². The molecule has 0 spiro atoms. The van der Waals surface area contributed by atoms with E-state index >= 15 is 0 Å². The van der Waals surface area contributed by atoms with Crippen molar-refractivity contribution in [2.45, 2.75) is 5.41 Å². The molecule has 198 valence electrons. The number of benzene rings is 7. The second-order valence-corrected chi connectivity index (χ2v) is 10.9. The molecule has 0 N–H and O–H groups in total. The van der Waals surface area contributed by atoms with E-state index in [9.17, 15) is 0 Å². The van der Waals surface area contributed by atoms with E-state index in [1.165, 1.54) is 49.8 Å². The zero-order valence-electron chi connectivity index (χ0n) is 23.2. The highest BCUT2D eigenvalue weighted by atomic mass is 15.1. The Balaban J connectivity index is 1.57. The van der Waals surface area contributed by atoms with Gasteiger partial charge >= 0.3 is 0 Å². The SMILES string of the molecule is c1ccc(N(c2ccccc2)c2cccc3c2C(c2ccccc2)(c2ccccc2)c2ccc4ccccc4c2-3)cc1. The number of rotatable bonds is 5. The molecular formula is C41H29N. The molecule has 1 nitrogen and oxygen atoms in total. The van der Waals surface area contributed by atoms with E-state index in [1.807, 2.05) is 0 Å². The molecule has 0 fully saturated rings. The van der Waals surface area contributed by atoms with Crippen LogP contribution in [-0.2, 0) is 5.41 Å². The third-order valence-corrected chi connectivity index (χ3v) is 8.70. The zero-order valence-corrected chi connectivity index (χ0v) is 23.2. The molecule has 0 saturated heterocycles. The molecule has 0 aromatic heterocycles. The van der Waals surface area contributed by atoms with Gasteiger partial charge in [-0.05, 0) is 68.9 Å². The molecule has 1 aliphatic rings. The van der Waals surface area contributed by atoms with E-state index in [1.54, 1.807) is 0 Å². The molecule has 0 aliphatic heterocycles. The smallest absolute Gasteiger partial charge is 0.0734 e. The molecule has 0 bridgehead atoms. The summed E-state index contributed by atoms with van der Waals surface area (Å²) >= 11 is 0. The van der Waals surface area contributed by atoms with Crippen LogP contribution in [0.25, 0.3) is 21.9 Å². The number of nitrogens with zero attached hydrogens (tertiary/aromatic N) is 1. The predicted molar refractivity (Wildman–Crippen MR) is 176 cm³/mol. The first-order valence-electron chi connectivity index (χ1n) is 14.5. The van der Waals surface area contributed by atoms with Gasteiger partial charge in [0, 0.05) is 16.9 Å². The molecular weight excluding hydrogens is 506 g/mol. The molecule has 1 aliphatic carbocycles. The summed E-state index contributed by atoms with van der Waals surface area (Å²) in [6, 6.07) is 63.9. The number of fused-ring (bicyclic) bond motifs is 5. The number of hydrogen-bond acceptors (Lipinski definition) is 1. The van der Waals surface area contributed by atoms with Gasteiger partial charge in [0.15, 0.2) is 0 Å². The van der Waals surface area contributed by atoms with Crippen molar-refractivity contribution in [1.82, 2.24) is 0 Å². The van der Waals surface area contributed by atoms with Crippen LogP contribution in [0.4, 0.5) is 17.1 Å². The molecule has 0 saturated carbocycles. The van der Waals surface area contributed by atoms with Gasteiger partial charge in [-0.2, -0.15) is 0 Å². The van der Waals surface area contributed by atoms with Gasteiger partial charge in [0.25, 0.3) is 0 Å². The van der Waals surface area contributed by atoms with Gasteiger partial charge in [0.1, 0.15) is 0 Å². The van der Waals surface area contributed by atoms with Crippen molar-refractivity contribution in [3.05, 3.63) is 198 Å². The largest absolute Gasteiger partial charge is 0.310 e. The van der Waals surface area contributed by atoms with Crippen molar-refractivity contribution in [2.24, 2.45) is 0 Å². The van der Waals surface area contributed by atoms with E-state index in [4.69, 9.17) is 0 Å². The lowest BCUT2D eigenvalue weighted by molar-refractivity contribution is 0.768. The minimum Gasteiger partial charge on any atom is -0.310 e. The van der Waals surface area contributed by atoms with Crippen molar-refractivity contribution < 1.29 is 0 Å². The first kappa shape index (κ1) is 24.4. The maximum absolute atomic E-state index is 2.42. The Morgan fingerprint density at radius 1 is 0.405 bits per heavy atom. The quantitative estimate of drug-likeness (QED) is 0.212. The maximum Gasteiger partial charge on any atom is 0.0734 e. The van der Waals surface area contributed by atoms with Crippen LogP contribution >= 0.6 is 0 Å². The minimum atomic E-state index is -0.518. The van der Waals surface area contributed by atoms with Crippen LogP contribution in [0.15, 0.2) is 176 Å². The molecule has 0 heterocycles. The van der Waals surface area contributed by atoms with Crippen molar-refractivity contribution in [3.63, 3.8) is 0 Å². The highest BCUT2D eigenvalue weighted by molar-refractivity contribution is 6.06. The predicted octanol–water partition coefficient (Wildman–Crippen LogP) is 10.7. The molecule has 8 rings (SSSR count). The summed E-state index contributed by atoms with van der Waals surface area (Å²) in [5.74, 6) is 0. The average Bonchev–Trinajstić information content (AvgIpc) is 3.39. The number of anilines is 3. The summed E-state index contributed by atoms with van der Waals surface area (Å²) < 4.78 is 0. The Kier molecular flexibility index (Phi) is 5.75. The molecule has 1 heteroatoms. The summed E-state index contributed by atoms with van der Waals surface area (Å²) in [7, 11) is 0. The Bertz CT molecular complexity index is 1930. The molecule has 0 unspecified atom stereocenters. The van der Waals surface area contributed by atoms with Gasteiger partial charge in [-0.3, -0.25) is 0 Å². The van der Waals surface area contributed by atoms with Crippen LogP contribution in [0.1, 0.15) is 22.3 Å². The second kappa shape index (κ2) is 9.90. The van der Waals surface area contributed by atoms with Crippen molar-refractivity contribution in [2.75, 3.05) is 4.90 Å². The molecule has 0 radical (unpaired) electrons. The van der Waals surface area contributed by atoms with Crippen LogP contribution in [0, 0.1) is 0 Å². The molecule has 42 heavy (non-hydrogen) atoms. The van der Waals surface area contributed by atoms with Gasteiger partial charge in [0.05, 0.1) is 11.1 Å². The van der Waals surface area contributed by atoms with Crippen molar-refractivity contribution >= 4 is 27.8 Å². The fraction of sp³-hybridized carbons (Fsp3) is 0.0244. The van der Waals surface area contributed by atoms with Gasteiger partial charge in [0.2, 0.25) is 0 Å². The first-order chi connectivity index (χ1) is 20.9. The Morgan fingerprint density at radius 2 is 0.929 bits per heavy atom. The highest BCUT2D eigenvalue weighted by Crippen LogP contribution is 2.61. The average molecular weight is 536 g/mol. The van der Waals surface area contributed by atoms with Crippen LogP contribution in [-0.4, -0.2) is 0 Å². The van der Waals surface area contributed by atoms with Crippen LogP contribution in [0.3, 0.4) is 0 Å². The topological polar surface area (TPSA) is 3.24 Å². The monoisotopic (exact) mass is 535 g/mol. The maximum atomic E-state index is 2.42. The lowest BCUT2D eigenvalue weighted by Gasteiger charge is -2.37. The third-order valence-electron chi connectivity index (χ3n) is 8.70. The lowest BCUT2D eigenvalue weighted by Crippen LogP contribution is -2.30. The van der Waals surface area contributed by atoms with Crippen LogP contribution in [0.5, 0.6) is 0 Å². The Labute approximate surface area is 247 Å². The van der Waals surface area contributed by atoms with E-state index in [0.717, 1.165) is 11.4 Å². The van der Waals surface area contributed by atoms with Crippen LogP contribution in [0.2, 0.25) is 0 Å². The van der Waals surface area contributed by atoms with Gasteiger partial charge in [-0.15, -0.1) is 0 Å². The lowest BCUT2D eigenvalue weighted by atomic mass is 9.67. The Hall–Kier alpha value is -5.40. The van der Waals surface area contributed by atoms with Crippen molar-refractivity contribution in [3.8, 4) is 11.1 Å². The van der Waals surface area contributed by atoms with Crippen LogP contribution < -0.4 is 4.90 Å². The number of hydrogen-bond donors (Lipinski definition) is 0. The molecule has 0 atom stereocenters. The summed E-state index contributed by atoms with van der Waals surface area (Å²) in [4.78, 5) is 2.42. The third kappa shape index (κ3) is 3.57. The normalized spacial score (nSPS) is 13.0.